The first-order valence-corrected chi connectivity index (χ1v) is 22.3. The number of hydrogen-bond acceptors (Lipinski definition) is 8. The Balaban J connectivity index is 0.00000113. The van der Waals surface area contributed by atoms with Crippen molar-refractivity contribution >= 4 is 30.3 Å². The minimum absolute atomic E-state index is 0. The second-order valence-corrected chi connectivity index (χ2v) is 19.0. The maximum Gasteiger partial charge on any atom is 0.414 e. The Morgan fingerprint density at radius 1 is 0.677 bits per heavy atom. The zero-order valence-corrected chi connectivity index (χ0v) is 39.4. The summed E-state index contributed by atoms with van der Waals surface area (Å²) in [6.45, 7) is 20.2. The van der Waals surface area contributed by atoms with Crippen molar-refractivity contribution in [3.05, 3.63) is 92.5 Å². The Bertz CT molecular complexity index is 2100. The normalized spacial score (nSPS) is 16.3. The fourth-order valence-corrected chi connectivity index (χ4v) is 8.56. The number of aliphatic carboxylic acids is 2. The molecule has 0 aromatic heterocycles. The molecule has 1 fully saturated rings. The number of carboxylic acids is 2. The molecule has 0 radical (unpaired) electrons. The van der Waals surface area contributed by atoms with Gasteiger partial charge >= 0.3 is 17.9 Å². The van der Waals surface area contributed by atoms with E-state index in [0.29, 0.717) is 24.6 Å². The molecule has 0 spiro atoms. The van der Waals surface area contributed by atoms with Crippen LogP contribution in [0.5, 0.6) is 11.5 Å². The number of rotatable bonds is 5. The van der Waals surface area contributed by atoms with Crippen LogP contribution in [0.4, 0.5) is 0 Å². The second-order valence-electron chi connectivity index (χ2n) is 19.0. The molecule has 0 amide bonds. The fraction of sp³-hybridized carbons (Fsp3) is 0.540. The van der Waals surface area contributed by atoms with Gasteiger partial charge in [-0.25, -0.2) is 9.59 Å². The van der Waals surface area contributed by atoms with E-state index in [1.807, 2.05) is 12.4 Å². The molecule has 0 saturated carbocycles. The molecule has 0 aliphatic carbocycles. The number of aryl methyl sites for hydroxylation is 5. The van der Waals surface area contributed by atoms with Gasteiger partial charge in [0.25, 0.3) is 0 Å². The van der Waals surface area contributed by atoms with E-state index < -0.39 is 11.9 Å². The van der Waals surface area contributed by atoms with Gasteiger partial charge in [-0.2, -0.15) is 0 Å². The number of aromatic hydroxyl groups is 2. The van der Waals surface area contributed by atoms with Crippen LogP contribution in [0, 0.1) is 0 Å². The predicted octanol–water partition coefficient (Wildman–Crippen LogP) is 7.78. The van der Waals surface area contributed by atoms with Gasteiger partial charge in [-0.05, 0) is 120 Å². The van der Waals surface area contributed by atoms with Crippen molar-refractivity contribution < 1.29 is 52.0 Å². The first kappa shape index (κ1) is 50.0. The number of benzene rings is 3. The number of aliphatic imine (C=N–C) groups is 2. The summed E-state index contributed by atoms with van der Waals surface area (Å²) in [6.07, 6.45) is 15.1. The molecule has 11 nitrogen and oxygen atoms in total. The van der Waals surface area contributed by atoms with E-state index in [9.17, 15) is 10.2 Å². The first-order valence-electron chi connectivity index (χ1n) is 22.3. The molecule has 0 atom stereocenters. The van der Waals surface area contributed by atoms with E-state index in [0.717, 1.165) is 86.8 Å². The van der Waals surface area contributed by atoms with Gasteiger partial charge in [-0.1, -0.05) is 71.9 Å². The summed E-state index contributed by atoms with van der Waals surface area (Å²) in [5.74, 6) is -1.52. The van der Waals surface area contributed by atoms with Crippen molar-refractivity contribution in [1.29, 1.82) is 0 Å². The summed E-state index contributed by atoms with van der Waals surface area (Å²) in [5.41, 5.74) is 10.1. The van der Waals surface area contributed by atoms with E-state index in [1.54, 1.807) is 0 Å². The standard InChI is InChI=1S/C48H67N5O2.C2H2O4.Cr/c1-47(2,3)42-29-38-17-10-14-35-19-20-36(37(28-35)15-8-9-24-52-26-13-27-53-25-12-23-51(7)46(52)53)16-11-18-39-30-43(48(4,5)6)32-41(45(39)55)34-50-22-21-49-33-40(31-42)44(38)54;3-1(4)2(5)6;/h19-20,28-34H,8-18,21-27H2,1-7H3,(H-,49,50,54,55);(H,3,4)(H,5,6);/p+1. The maximum atomic E-state index is 11.5. The molecule has 4 aliphatic rings. The molecule has 62 heavy (non-hydrogen) atoms. The van der Waals surface area contributed by atoms with Gasteiger partial charge in [0.15, 0.2) is 0 Å². The molecule has 4 heterocycles. The minimum Gasteiger partial charge on any atom is -0.507 e. The summed E-state index contributed by atoms with van der Waals surface area (Å²) in [7, 11) is 2.26. The van der Waals surface area contributed by atoms with Crippen LogP contribution in [0.1, 0.15) is 130 Å². The van der Waals surface area contributed by atoms with Crippen molar-refractivity contribution in [2.75, 3.05) is 52.9 Å². The number of hydrogen-bond donors (Lipinski definition) is 4. The van der Waals surface area contributed by atoms with Crippen LogP contribution in [-0.2, 0) is 69.9 Å². The van der Waals surface area contributed by atoms with Gasteiger partial charge < -0.3 is 20.4 Å². The molecule has 336 valence electrons. The fourth-order valence-electron chi connectivity index (χ4n) is 8.56. The van der Waals surface area contributed by atoms with Crippen molar-refractivity contribution in [2.24, 2.45) is 9.98 Å². The summed E-state index contributed by atoms with van der Waals surface area (Å²) < 4.78 is 2.47. The summed E-state index contributed by atoms with van der Waals surface area (Å²) in [6, 6.07) is 15.8. The number of unbranched alkanes of at least 4 members (excludes halogenated alkanes) is 1. The van der Waals surface area contributed by atoms with E-state index in [2.05, 4.69) is 115 Å². The van der Waals surface area contributed by atoms with Gasteiger partial charge in [0.1, 0.15) is 11.5 Å². The number of guanidine groups is 1. The van der Waals surface area contributed by atoms with Crippen LogP contribution >= 0.6 is 0 Å². The average Bonchev–Trinajstić information content (AvgIpc) is 3.19. The first-order chi connectivity index (χ1) is 28.9. The van der Waals surface area contributed by atoms with E-state index >= 15 is 0 Å². The Kier molecular flexibility index (Phi) is 18.2. The van der Waals surface area contributed by atoms with Crippen LogP contribution in [-0.4, -0.2) is 118 Å². The molecule has 0 unspecified atom stereocenters. The Morgan fingerprint density at radius 3 is 1.76 bits per heavy atom. The molecule has 4 aliphatic heterocycles. The SMILES string of the molecule is C[N+]1=C2N(CCCCc3cc4ccc3CCCc3cc(C(C)(C)C)cc(c3O)C=NCCN=Cc3cc(C(C)(C)C)cc(c3O)CCC4)CCCN2CCC1.O=C(O)C(=O)O.[Cr]. The number of phenols is 2. The second kappa shape index (κ2) is 22.6. The number of nitrogens with zero attached hydrogens (tertiary/aromatic N) is 5. The van der Waals surface area contributed by atoms with Crippen molar-refractivity contribution in [2.45, 2.75) is 123 Å². The van der Waals surface area contributed by atoms with Gasteiger partial charge in [-0.3, -0.25) is 24.4 Å². The van der Waals surface area contributed by atoms with Gasteiger partial charge in [0, 0.05) is 53.8 Å². The molecule has 3 aromatic rings. The number of phenolic OH excluding ortho intramolecular Hbond substituents is 2. The summed E-state index contributed by atoms with van der Waals surface area (Å²) in [5, 5.41) is 37.7. The van der Waals surface area contributed by atoms with Gasteiger partial charge in [-0.15, -0.1) is 0 Å². The van der Waals surface area contributed by atoms with Gasteiger partial charge in [0.2, 0.25) is 0 Å². The van der Waals surface area contributed by atoms with Crippen LogP contribution in [0.15, 0.2) is 52.4 Å². The van der Waals surface area contributed by atoms with E-state index in [1.165, 1.54) is 72.5 Å². The molecule has 1 saturated heterocycles. The number of carboxylic acid groups (broad SMARTS) is 2. The molecule has 3 aromatic carbocycles. The third-order valence-corrected chi connectivity index (χ3v) is 12.1. The monoisotopic (exact) mass is 888 g/mol. The topological polar surface area (TPSA) is 149 Å². The number of fused-ring (bicyclic) bond motifs is 10. The predicted molar refractivity (Wildman–Crippen MR) is 246 cm³/mol. The number of carbonyl (C=O) groups is 2. The van der Waals surface area contributed by atoms with E-state index in [4.69, 9.17) is 19.8 Å². The molecule has 6 bridgehead atoms. The van der Waals surface area contributed by atoms with Crippen LogP contribution in [0.3, 0.4) is 0 Å². The Labute approximate surface area is 380 Å². The zero-order chi connectivity index (χ0) is 44.3. The van der Waals surface area contributed by atoms with Crippen molar-refractivity contribution in [1.82, 2.24) is 9.80 Å². The van der Waals surface area contributed by atoms with Crippen molar-refractivity contribution in [3.63, 3.8) is 0 Å². The average molecular weight is 889 g/mol. The largest absolute Gasteiger partial charge is 0.507 e. The molecular weight excluding hydrogens is 819 g/mol. The molecule has 4 N–H and O–H groups in total. The molecule has 7 rings (SSSR count). The zero-order valence-electron chi connectivity index (χ0n) is 38.2. The third-order valence-electron chi connectivity index (χ3n) is 12.1. The Morgan fingerprint density at radius 2 is 1.21 bits per heavy atom. The quantitative estimate of drug-likeness (QED) is 0.115. The maximum absolute atomic E-state index is 11.5. The summed E-state index contributed by atoms with van der Waals surface area (Å²) >= 11 is 0. The Hall–Kier alpha value is -4.66. The van der Waals surface area contributed by atoms with Crippen LogP contribution < -0.4 is 0 Å². The van der Waals surface area contributed by atoms with Crippen molar-refractivity contribution in [3.8, 4) is 11.5 Å². The van der Waals surface area contributed by atoms with Crippen LogP contribution in [0.25, 0.3) is 0 Å². The third kappa shape index (κ3) is 13.9. The van der Waals surface area contributed by atoms with E-state index in [-0.39, 0.29) is 28.2 Å². The minimum atomic E-state index is -1.82. The molecule has 12 heteroatoms. The smallest absolute Gasteiger partial charge is 0.414 e. The molecular formula is C50H70CrN5O6+. The van der Waals surface area contributed by atoms with Gasteiger partial charge in [0.05, 0.1) is 52.9 Å². The van der Waals surface area contributed by atoms with Crippen LogP contribution in [0.2, 0.25) is 0 Å². The summed E-state index contributed by atoms with van der Waals surface area (Å²) in [4.78, 5) is 32.8.